The van der Waals surface area contributed by atoms with Crippen molar-refractivity contribution in [3.05, 3.63) is 29.3 Å². The Kier molecular flexibility index (Phi) is 16.6. The quantitative estimate of drug-likeness (QED) is 0.123. The molecule has 6 rings (SSSR count). The number of hydrogen-bond acceptors (Lipinski definition) is 16. The van der Waals surface area contributed by atoms with Gasteiger partial charge in [-0.3, -0.25) is 52.8 Å². The molecule has 2 unspecified atom stereocenters. The highest BCUT2D eigenvalue weighted by atomic mass is 32.2. The molecule has 9 N–H and O–H groups in total. The third kappa shape index (κ3) is 12.0. The molecule has 21 nitrogen and oxygen atoms in total. The number of rotatable bonds is 9. The number of benzene rings is 1. The highest BCUT2D eigenvalue weighted by molar-refractivity contribution is 8.00. The summed E-state index contributed by atoms with van der Waals surface area (Å²) in [6.07, 6.45) is -3.33. The second-order valence-corrected chi connectivity index (χ2v) is 20.6. The van der Waals surface area contributed by atoms with Crippen LogP contribution in [-0.4, -0.2) is 179 Å². The first kappa shape index (κ1) is 52.2. The van der Waals surface area contributed by atoms with Gasteiger partial charge in [-0.1, -0.05) is 6.07 Å². The Morgan fingerprint density at radius 1 is 0.897 bits per heavy atom. The number of nitrogens with one attached hydrogen (secondary N) is 5. The Morgan fingerprint density at radius 3 is 2.22 bits per heavy atom. The summed E-state index contributed by atoms with van der Waals surface area (Å²) >= 11 is 2.24. The monoisotopic (exact) mass is 985 g/mol. The van der Waals surface area contributed by atoms with Gasteiger partial charge >= 0.3 is 0 Å². The zero-order valence-corrected chi connectivity index (χ0v) is 40.0. The topological polar surface area (TPSA) is 322 Å². The van der Waals surface area contributed by atoms with Crippen molar-refractivity contribution in [1.29, 1.82) is 0 Å². The zero-order valence-electron chi connectivity index (χ0n) is 38.4. The highest BCUT2D eigenvalue weighted by Gasteiger charge is 2.44. The van der Waals surface area contributed by atoms with Gasteiger partial charge in [0.25, 0.3) is 0 Å². The molecule has 4 aliphatic rings. The molecule has 2 bridgehead atoms. The first-order valence-corrected chi connectivity index (χ1v) is 24.7. The molecule has 2 fully saturated rings. The second-order valence-electron chi connectivity index (χ2n) is 18.5. The van der Waals surface area contributed by atoms with E-state index >= 15 is 0 Å². The molecule has 11 atom stereocenters. The summed E-state index contributed by atoms with van der Waals surface area (Å²) in [6, 6.07) is -1.96. The predicted molar refractivity (Wildman–Crippen MR) is 246 cm³/mol. The van der Waals surface area contributed by atoms with Gasteiger partial charge in [-0.25, -0.2) is 0 Å². The Labute approximate surface area is 400 Å². The number of aromatic nitrogens is 1. The summed E-state index contributed by atoms with van der Waals surface area (Å²) in [5.74, 6) is -10.1. The van der Waals surface area contributed by atoms with Crippen molar-refractivity contribution in [3.63, 3.8) is 0 Å². The number of carbonyl (C=O) groups excluding carboxylic acids is 10. The fraction of sp³-hybridized carbons (Fsp3) is 0.600. The number of amides is 7. The molecule has 370 valence electrons. The number of Topliss-reactive ketones (excluding diaryl/α,β-unsaturated/α-hetero) is 3. The SMILES string of the molecule is CSC1CC(=O)N(CC(=O)Cc2ccc3[nH]c4c(c3c2)C[C@@H]2CC(=O)[C@H](C)NC(=O)[C@@H]3C[C@@H](O)CN3C(=O)[C@@H](CS4)NC(=O)[C@@H](C(C)O)CC(=O)[C@H](C)NC(=O)[C@H](C[C@@](C)(O)CO)NC2=O)C1=O. The van der Waals surface area contributed by atoms with Gasteiger partial charge in [-0.2, -0.15) is 11.8 Å². The average Bonchev–Trinajstić information content (AvgIpc) is 3.93. The minimum Gasteiger partial charge on any atom is -0.393 e. The predicted octanol–water partition coefficient (Wildman–Crippen LogP) is -1.96. The van der Waals surface area contributed by atoms with Crippen molar-refractivity contribution in [2.75, 3.05) is 31.7 Å². The van der Waals surface area contributed by atoms with Crippen molar-refractivity contribution in [2.24, 2.45) is 11.8 Å². The van der Waals surface area contributed by atoms with Crippen molar-refractivity contribution < 1.29 is 68.4 Å². The van der Waals surface area contributed by atoms with E-state index in [-0.39, 0.29) is 38.0 Å². The van der Waals surface area contributed by atoms with Gasteiger partial charge in [0.1, 0.15) is 18.1 Å². The number of aliphatic hydroxyl groups excluding tert-OH is 3. The lowest BCUT2D eigenvalue weighted by Gasteiger charge is -2.30. The van der Waals surface area contributed by atoms with Crippen LogP contribution in [0.25, 0.3) is 10.9 Å². The van der Waals surface area contributed by atoms with E-state index in [4.69, 9.17) is 0 Å². The Morgan fingerprint density at radius 2 is 1.57 bits per heavy atom. The third-order valence-corrected chi connectivity index (χ3v) is 15.0. The van der Waals surface area contributed by atoms with Crippen LogP contribution < -0.4 is 21.3 Å². The lowest BCUT2D eigenvalue weighted by molar-refractivity contribution is -0.143. The van der Waals surface area contributed by atoms with Crippen LogP contribution in [0.2, 0.25) is 0 Å². The van der Waals surface area contributed by atoms with E-state index in [1.54, 1.807) is 24.5 Å². The summed E-state index contributed by atoms with van der Waals surface area (Å²) in [6.45, 7) is 3.60. The lowest BCUT2D eigenvalue weighted by Crippen LogP contribution is -2.57. The van der Waals surface area contributed by atoms with Crippen LogP contribution in [0.1, 0.15) is 70.9 Å². The first-order chi connectivity index (χ1) is 32.0. The van der Waals surface area contributed by atoms with Crippen molar-refractivity contribution in [3.8, 4) is 0 Å². The van der Waals surface area contributed by atoms with Crippen LogP contribution in [-0.2, 0) is 60.8 Å². The van der Waals surface area contributed by atoms with Crippen molar-refractivity contribution in [1.82, 2.24) is 36.1 Å². The van der Waals surface area contributed by atoms with Crippen LogP contribution in [0.4, 0.5) is 0 Å². The maximum absolute atomic E-state index is 14.7. The van der Waals surface area contributed by atoms with Crippen molar-refractivity contribution in [2.45, 2.75) is 131 Å². The minimum absolute atomic E-state index is 0.0163. The van der Waals surface area contributed by atoms with E-state index in [9.17, 15) is 68.4 Å². The number of fused-ring (bicyclic) bond motifs is 5. The number of H-pyrrole nitrogens is 1. The summed E-state index contributed by atoms with van der Waals surface area (Å²) in [7, 11) is 0. The number of carbonyl (C=O) groups is 10. The van der Waals surface area contributed by atoms with Gasteiger partial charge in [0.15, 0.2) is 17.3 Å². The Hall–Kier alpha value is -5.20. The van der Waals surface area contributed by atoms with E-state index in [1.807, 2.05) is 0 Å². The lowest BCUT2D eigenvalue weighted by atomic mass is 9.89. The molecule has 0 saturated carbocycles. The molecule has 1 aromatic carbocycles. The van der Waals surface area contributed by atoms with Crippen LogP contribution >= 0.6 is 23.5 Å². The van der Waals surface area contributed by atoms with Crippen LogP contribution in [0.3, 0.4) is 0 Å². The zero-order chi connectivity index (χ0) is 49.9. The largest absolute Gasteiger partial charge is 0.393 e. The Balaban J connectivity index is 1.50. The van der Waals surface area contributed by atoms with E-state index < -0.39 is 156 Å². The number of likely N-dealkylation sites (tertiary alicyclic amines) is 1. The van der Waals surface area contributed by atoms with Crippen LogP contribution in [0.15, 0.2) is 23.2 Å². The number of imide groups is 1. The molecule has 2 aromatic rings. The summed E-state index contributed by atoms with van der Waals surface area (Å²) in [5, 5.41) is 53.1. The third-order valence-electron chi connectivity index (χ3n) is 12.9. The normalized spacial score (nSPS) is 29.7. The fourth-order valence-corrected chi connectivity index (χ4v) is 10.6. The van der Waals surface area contributed by atoms with Crippen LogP contribution in [0.5, 0.6) is 0 Å². The molecule has 2 saturated heterocycles. The number of hydrogen-bond donors (Lipinski definition) is 9. The number of aliphatic hydroxyl groups is 4. The van der Waals surface area contributed by atoms with Gasteiger partial charge in [-0.05, 0) is 63.6 Å². The molecule has 68 heavy (non-hydrogen) atoms. The number of aromatic amines is 1. The van der Waals surface area contributed by atoms with Gasteiger partial charge < -0.3 is 51.6 Å². The molecule has 4 aliphatic heterocycles. The summed E-state index contributed by atoms with van der Waals surface area (Å²) < 4.78 is 0. The molecular weight excluding hydrogens is 927 g/mol. The smallest absolute Gasteiger partial charge is 0.246 e. The fourth-order valence-electron chi connectivity index (χ4n) is 8.88. The summed E-state index contributed by atoms with van der Waals surface area (Å²) in [5.41, 5.74) is -0.591. The van der Waals surface area contributed by atoms with Gasteiger partial charge in [0.05, 0.1) is 59.2 Å². The maximum atomic E-state index is 14.7. The molecule has 5 heterocycles. The van der Waals surface area contributed by atoms with E-state index in [2.05, 4.69) is 26.3 Å². The van der Waals surface area contributed by atoms with Crippen LogP contribution in [0, 0.1) is 11.8 Å². The standard InChI is InChI=1S/C45H59N7O14S2/c1-20-34(57)11-24-10-29-28-9-23(8-25(55)17-52-37(59)14-36(67-5)44(52)65)6-7-30(28)50-42(29)68-18-32(43(64)51-16-26(56)12-33(51)41(63)47-20)49-39(61)27(22(3)54)13-35(58)21(2)46-40(62)31(48-38(24)60)15-45(4,66)19-53/h6-7,9,20-22,24,26-27,31-33,36,50,53-54,56,66H,8,10-19H2,1-5H3,(H,46,62)(H,47,63)(H,48,60)(H,49,61)/t20-,21-,22?,24+,26+,27+,31-,32+,33-,36?,45+/m0/s1. The molecule has 1 aromatic heterocycles. The molecule has 0 aliphatic carbocycles. The first-order valence-electron chi connectivity index (χ1n) is 22.4. The Bertz CT molecular complexity index is 2370. The summed E-state index contributed by atoms with van der Waals surface area (Å²) in [4.78, 5) is 143. The van der Waals surface area contributed by atoms with Gasteiger partial charge in [0.2, 0.25) is 41.4 Å². The van der Waals surface area contributed by atoms with E-state index in [1.165, 1.54) is 39.5 Å². The number of ketones is 3. The van der Waals surface area contributed by atoms with Gasteiger partial charge in [0, 0.05) is 67.6 Å². The molecular formula is C45H59N7O14S2. The molecule has 0 spiro atoms. The van der Waals surface area contributed by atoms with Crippen molar-refractivity contribution >= 4 is 93.1 Å². The second kappa shape index (κ2) is 21.6. The van der Waals surface area contributed by atoms with Gasteiger partial charge in [-0.15, -0.1) is 11.8 Å². The molecule has 0 radical (unpaired) electrons. The number of thioether (sulfide) groups is 2. The maximum Gasteiger partial charge on any atom is 0.246 e. The highest BCUT2D eigenvalue weighted by Crippen LogP contribution is 2.35. The average molecular weight is 986 g/mol. The number of nitrogens with zero attached hydrogens (tertiary/aromatic N) is 2. The minimum atomic E-state index is -1.94. The molecule has 23 heteroatoms. The van der Waals surface area contributed by atoms with E-state index in [0.29, 0.717) is 27.1 Å². The molecule has 7 amide bonds. The van der Waals surface area contributed by atoms with E-state index in [0.717, 1.165) is 21.6 Å².